The number of anilines is 1. The summed E-state index contributed by atoms with van der Waals surface area (Å²) in [7, 11) is 0. The maximum absolute atomic E-state index is 13.1. The van der Waals surface area contributed by atoms with Crippen LogP contribution in [0.15, 0.2) is 53.9 Å². The van der Waals surface area contributed by atoms with Gasteiger partial charge in [0.05, 0.1) is 17.7 Å². The zero-order valence-electron chi connectivity index (χ0n) is 22.1. The topological polar surface area (TPSA) is 119 Å². The molecule has 2 heterocycles. The summed E-state index contributed by atoms with van der Waals surface area (Å²) in [5.74, 6) is -3.42. The lowest BCUT2D eigenvalue weighted by atomic mass is 10.0. The summed E-state index contributed by atoms with van der Waals surface area (Å²) in [5.41, 5.74) is 1.85. The van der Waals surface area contributed by atoms with Gasteiger partial charge in [-0.3, -0.25) is 19.3 Å². The number of carbonyl (C=O) groups is 5. The number of nitrogens with one attached hydrogen (secondary N) is 1. The van der Waals surface area contributed by atoms with Crippen LogP contribution in [0.25, 0.3) is 11.1 Å². The summed E-state index contributed by atoms with van der Waals surface area (Å²) >= 11 is 7.11. The van der Waals surface area contributed by atoms with Gasteiger partial charge in [0.25, 0.3) is 17.7 Å². The number of benzene rings is 2. The Labute approximate surface area is 240 Å². The largest absolute Gasteiger partial charge is 0.462 e. The van der Waals surface area contributed by atoms with Gasteiger partial charge in [-0.05, 0) is 49.1 Å². The Morgan fingerprint density at radius 1 is 0.950 bits per heavy atom. The average Bonchev–Trinajstić information content (AvgIpc) is 3.45. The normalized spacial score (nSPS) is 13.3. The van der Waals surface area contributed by atoms with Crippen LogP contribution >= 0.6 is 22.9 Å². The molecule has 1 aromatic heterocycles. The highest BCUT2D eigenvalue weighted by Crippen LogP contribution is 2.37. The molecule has 1 atom stereocenters. The predicted octanol–water partition coefficient (Wildman–Crippen LogP) is 5.44. The standard InChI is InChI=1S/C29H27ClN2O7S/c1-4-38-29(37)24-21(17-9-11-18(30)12-10-17)15-40-25(24)31-23(33)14-39-28(36)22(13-16(2)3)32-26(34)19-7-5-6-8-20(19)27(32)35/h5-12,15-16,22H,4,13-14H2,1-3H3,(H,31,33)/t22-/m0/s1. The van der Waals surface area contributed by atoms with Gasteiger partial charge in [-0.15, -0.1) is 11.3 Å². The Kier molecular flexibility index (Phi) is 9.01. The van der Waals surface area contributed by atoms with Crippen molar-refractivity contribution in [2.75, 3.05) is 18.5 Å². The Bertz CT molecular complexity index is 1430. The molecule has 40 heavy (non-hydrogen) atoms. The fourth-order valence-electron chi connectivity index (χ4n) is 4.34. The van der Waals surface area contributed by atoms with Gasteiger partial charge in [0.1, 0.15) is 16.6 Å². The van der Waals surface area contributed by atoms with Crippen LogP contribution in [0.2, 0.25) is 5.02 Å². The van der Waals surface area contributed by atoms with Gasteiger partial charge >= 0.3 is 11.9 Å². The van der Waals surface area contributed by atoms with Crippen LogP contribution < -0.4 is 5.32 Å². The van der Waals surface area contributed by atoms with Crippen molar-refractivity contribution in [1.82, 2.24) is 4.90 Å². The van der Waals surface area contributed by atoms with Crippen LogP contribution in [-0.4, -0.2) is 53.8 Å². The molecule has 1 aliphatic rings. The number of ether oxygens (including phenoxy) is 2. The number of nitrogens with zero attached hydrogens (tertiary/aromatic N) is 1. The first-order valence-corrected chi connectivity index (χ1v) is 13.9. The van der Waals surface area contributed by atoms with Gasteiger partial charge in [0, 0.05) is 16.0 Å². The number of esters is 2. The number of amides is 3. The molecule has 0 aliphatic carbocycles. The Morgan fingerprint density at radius 3 is 2.15 bits per heavy atom. The number of hydrogen-bond acceptors (Lipinski definition) is 8. The zero-order chi connectivity index (χ0) is 29.0. The van der Waals surface area contributed by atoms with Crippen LogP contribution in [0.1, 0.15) is 58.3 Å². The number of halogens is 1. The van der Waals surface area contributed by atoms with Crippen LogP contribution in [0.4, 0.5) is 5.00 Å². The van der Waals surface area contributed by atoms with Crippen LogP contribution in [0, 0.1) is 5.92 Å². The summed E-state index contributed by atoms with van der Waals surface area (Å²) in [6.07, 6.45) is 0.161. The summed E-state index contributed by atoms with van der Waals surface area (Å²) in [6, 6.07) is 12.0. The van der Waals surface area contributed by atoms with E-state index in [1.54, 1.807) is 48.7 Å². The van der Waals surface area contributed by atoms with E-state index in [4.69, 9.17) is 21.1 Å². The van der Waals surface area contributed by atoms with E-state index >= 15 is 0 Å². The van der Waals surface area contributed by atoms with Gasteiger partial charge in [-0.2, -0.15) is 0 Å². The molecular formula is C29H27ClN2O7S. The van der Waals surface area contributed by atoms with Gasteiger partial charge in [-0.25, -0.2) is 9.59 Å². The smallest absolute Gasteiger partial charge is 0.341 e. The summed E-state index contributed by atoms with van der Waals surface area (Å²) in [6.45, 7) is 4.81. The minimum absolute atomic E-state index is 0.0553. The highest BCUT2D eigenvalue weighted by molar-refractivity contribution is 7.15. The molecule has 1 aliphatic heterocycles. The molecule has 0 unspecified atom stereocenters. The van der Waals surface area contributed by atoms with Crippen molar-refractivity contribution in [1.29, 1.82) is 0 Å². The third-order valence-corrected chi connectivity index (χ3v) is 7.28. The van der Waals surface area contributed by atoms with E-state index in [0.717, 1.165) is 16.2 Å². The fourth-order valence-corrected chi connectivity index (χ4v) is 5.44. The van der Waals surface area contributed by atoms with Crippen LogP contribution in [-0.2, 0) is 19.1 Å². The summed E-state index contributed by atoms with van der Waals surface area (Å²) in [5, 5.41) is 5.08. The molecule has 3 amide bonds. The number of fused-ring (bicyclic) bond motifs is 1. The molecule has 9 nitrogen and oxygen atoms in total. The van der Waals surface area contributed by atoms with Crippen molar-refractivity contribution >= 4 is 57.6 Å². The Morgan fingerprint density at radius 2 is 1.57 bits per heavy atom. The van der Waals surface area contributed by atoms with Gasteiger partial charge in [0.15, 0.2) is 6.61 Å². The number of rotatable bonds is 10. The summed E-state index contributed by atoms with van der Waals surface area (Å²) in [4.78, 5) is 65.6. The zero-order valence-corrected chi connectivity index (χ0v) is 23.6. The minimum atomic E-state index is -1.20. The molecular weight excluding hydrogens is 556 g/mol. The first-order chi connectivity index (χ1) is 19.1. The SMILES string of the molecule is CCOC(=O)c1c(-c2ccc(Cl)cc2)csc1NC(=O)COC(=O)[C@H](CC(C)C)N1C(=O)c2ccccc2C1=O. The van der Waals surface area contributed by atoms with E-state index in [2.05, 4.69) is 5.32 Å². The average molecular weight is 583 g/mol. The fraction of sp³-hybridized carbons (Fsp3) is 0.276. The van der Waals surface area contributed by atoms with Gasteiger partial charge in [0.2, 0.25) is 0 Å². The quantitative estimate of drug-likeness (QED) is 0.250. The number of hydrogen-bond donors (Lipinski definition) is 1. The highest BCUT2D eigenvalue weighted by Gasteiger charge is 2.43. The second-order valence-electron chi connectivity index (χ2n) is 9.41. The van der Waals surface area contributed by atoms with Gasteiger partial charge < -0.3 is 14.8 Å². The van der Waals surface area contributed by atoms with E-state index in [1.807, 2.05) is 13.8 Å². The van der Waals surface area contributed by atoms with Crippen molar-refractivity contribution < 1.29 is 33.4 Å². The Balaban J connectivity index is 1.49. The number of thiophene rings is 1. The first-order valence-electron chi connectivity index (χ1n) is 12.6. The van der Waals surface area contributed by atoms with Crippen LogP contribution in [0.3, 0.4) is 0 Å². The van der Waals surface area contributed by atoms with Crippen molar-refractivity contribution in [2.24, 2.45) is 5.92 Å². The third-order valence-electron chi connectivity index (χ3n) is 6.13. The minimum Gasteiger partial charge on any atom is -0.462 e. The molecule has 0 saturated carbocycles. The van der Waals surface area contributed by atoms with Crippen LogP contribution in [0.5, 0.6) is 0 Å². The number of imide groups is 1. The second kappa shape index (κ2) is 12.4. The molecule has 0 bridgehead atoms. The number of carbonyl (C=O) groups excluding carboxylic acids is 5. The third kappa shape index (κ3) is 6.08. The van der Waals surface area contributed by atoms with Crippen molar-refractivity contribution in [2.45, 2.75) is 33.2 Å². The van der Waals surface area contributed by atoms with E-state index in [9.17, 15) is 24.0 Å². The van der Waals surface area contributed by atoms with Crippen molar-refractivity contribution in [3.8, 4) is 11.1 Å². The molecule has 2 aromatic carbocycles. The van der Waals surface area contributed by atoms with E-state index in [-0.39, 0.29) is 40.6 Å². The molecule has 3 aromatic rings. The lowest BCUT2D eigenvalue weighted by Gasteiger charge is -2.25. The van der Waals surface area contributed by atoms with Crippen molar-refractivity contribution in [3.63, 3.8) is 0 Å². The maximum Gasteiger partial charge on any atom is 0.341 e. The second-order valence-corrected chi connectivity index (χ2v) is 10.7. The van der Waals surface area contributed by atoms with E-state index in [1.165, 1.54) is 12.1 Å². The predicted molar refractivity (Wildman–Crippen MR) is 150 cm³/mol. The molecule has 11 heteroatoms. The maximum atomic E-state index is 13.1. The first kappa shape index (κ1) is 29.0. The molecule has 4 rings (SSSR count). The lowest BCUT2D eigenvalue weighted by Crippen LogP contribution is -2.46. The molecule has 0 fully saturated rings. The monoisotopic (exact) mass is 582 g/mol. The lowest BCUT2D eigenvalue weighted by molar-refractivity contribution is -0.151. The van der Waals surface area contributed by atoms with E-state index < -0.39 is 42.3 Å². The highest BCUT2D eigenvalue weighted by atomic mass is 35.5. The molecule has 1 N–H and O–H groups in total. The molecule has 208 valence electrons. The van der Waals surface area contributed by atoms with E-state index in [0.29, 0.717) is 16.1 Å². The molecule has 0 saturated heterocycles. The molecule has 0 spiro atoms. The van der Waals surface area contributed by atoms with Gasteiger partial charge in [-0.1, -0.05) is 49.7 Å². The Hall–Kier alpha value is -4.02. The summed E-state index contributed by atoms with van der Waals surface area (Å²) < 4.78 is 10.5. The molecule has 0 radical (unpaired) electrons. The van der Waals surface area contributed by atoms with Crippen molar-refractivity contribution in [3.05, 3.63) is 75.6 Å².